The van der Waals surface area contributed by atoms with Gasteiger partial charge in [0.2, 0.25) is 0 Å². The lowest BCUT2D eigenvalue weighted by molar-refractivity contribution is -0.0557. The van der Waals surface area contributed by atoms with E-state index >= 15 is 0 Å². The van der Waals surface area contributed by atoms with E-state index in [1.165, 1.54) is 60.7 Å². The van der Waals surface area contributed by atoms with Crippen LogP contribution >= 0.6 is 46.6 Å². The molecule has 192 valence electrons. The summed E-state index contributed by atoms with van der Waals surface area (Å²) in [5.41, 5.74) is -0.579. The molecule has 1 aliphatic heterocycles. The lowest BCUT2D eigenvalue weighted by atomic mass is 10.1. The predicted molar refractivity (Wildman–Crippen MR) is 140 cm³/mol. The summed E-state index contributed by atoms with van der Waals surface area (Å²) in [5, 5.41) is 11.3. The number of thioether (sulfide) groups is 1. The molecular weight excluding hydrogens is 563 g/mol. The molecule has 0 aromatic heterocycles. The molecule has 37 heavy (non-hydrogen) atoms. The lowest BCUT2D eigenvalue weighted by Crippen LogP contribution is -2.41. The highest BCUT2D eigenvalue weighted by atomic mass is 35.5. The van der Waals surface area contributed by atoms with Crippen LogP contribution in [-0.4, -0.2) is 52.5 Å². The third kappa shape index (κ3) is 6.97. The van der Waals surface area contributed by atoms with Gasteiger partial charge in [0.25, 0.3) is 0 Å². The number of carbonyl (C=O) groups excluding carboxylic acids is 3. The smallest absolute Gasteiger partial charge is 0.338 e. The second kappa shape index (κ2) is 12.2. The summed E-state index contributed by atoms with van der Waals surface area (Å²) in [6.45, 7) is -0.225. The first-order valence-corrected chi connectivity index (χ1v) is 13.0. The van der Waals surface area contributed by atoms with E-state index in [0.29, 0.717) is 15.1 Å². The molecule has 0 aliphatic carbocycles. The predicted octanol–water partition coefficient (Wildman–Crippen LogP) is 5.69. The van der Waals surface area contributed by atoms with Crippen molar-refractivity contribution in [3.05, 3.63) is 105 Å². The second-order valence-corrected chi connectivity index (χ2v) is 10.6. The van der Waals surface area contributed by atoms with E-state index in [1.807, 2.05) is 0 Å². The lowest BCUT2D eigenvalue weighted by Gasteiger charge is -2.24. The topological polar surface area (TPSA) is 99.1 Å². The van der Waals surface area contributed by atoms with Crippen molar-refractivity contribution >= 4 is 64.5 Å². The maximum absolute atomic E-state index is 12.9. The van der Waals surface area contributed by atoms with Crippen molar-refractivity contribution < 1.29 is 33.7 Å². The summed E-state index contributed by atoms with van der Waals surface area (Å²) in [6.07, 6.45) is -2.36. The van der Waals surface area contributed by atoms with Gasteiger partial charge in [-0.05, 0) is 72.8 Å². The van der Waals surface area contributed by atoms with E-state index in [9.17, 15) is 19.5 Å². The minimum Gasteiger partial charge on any atom is -0.461 e. The van der Waals surface area contributed by atoms with Gasteiger partial charge in [-0.2, -0.15) is 0 Å². The molecule has 1 saturated heterocycles. The molecule has 1 fully saturated rings. The fourth-order valence-electron chi connectivity index (χ4n) is 3.49. The number of benzene rings is 3. The molecule has 1 aliphatic rings. The van der Waals surface area contributed by atoms with Crippen LogP contribution in [0, 0.1) is 0 Å². The summed E-state index contributed by atoms with van der Waals surface area (Å²) in [6, 6.07) is 18.1. The minimum absolute atomic E-state index is 0.196. The van der Waals surface area contributed by atoms with Crippen LogP contribution in [0.5, 0.6) is 0 Å². The van der Waals surface area contributed by atoms with Crippen molar-refractivity contribution in [2.75, 3.05) is 6.61 Å². The molecule has 0 amide bonds. The van der Waals surface area contributed by atoms with Crippen LogP contribution in [0.15, 0.2) is 72.8 Å². The Balaban J connectivity index is 1.52. The molecule has 0 bridgehead atoms. The third-order valence-electron chi connectivity index (χ3n) is 5.39. The first kappa shape index (κ1) is 27.3. The summed E-state index contributed by atoms with van der Waals surface area (Å²) in [5.74, 6) is -2.10. The fourth-order valence-corrected chi connectivity index (χ4v) is 5.11. The summed E-state index contributed by atoms with van der Waals surface area (Å²) in [7, 11) is 0. The first-order chi connectivity index (χ1) is 17.7. The summed E-state index contributed by atoms with van der Waals surface area (Å²) in [4.78, 5) is 38.1. The van der Waals surface area contributed by atoms with Gasteiger partial charge in [0.1, 0.15) is 12.0 Å². The molecule has 7 nitrogen and oxygen atoms in total. The zero-order valence-corrected chi connectivity index (χ0v) is 22.0. The second-order valence-electron chi connectivity index (χ2n) is 7.92. The molecule has 1 N–H and O–H groups in total. The number of hydrogen-bond acceptors (Lipinski definition) is 8. The number of carbonyl (C=O) groups is 3. The van der Waals surface area contributed by atoms with Gasteiger partial charge in [-0.1, -0.05) is 34.8 Å². The van der Waals surface area contributed by atoms with E-state index in [1.54, 1.807) is 12.1 Å². The van der Waals surface area contributed by atoms with Gasteiger partial charge in [0, 0.05) is 15.1 Å². The Morgan fingerprint density at radius 1 is 0.649 bits per heavy atom. The Hall–Kier alpha value is -2.75. The number of ether oxygens (including phenoxy) is 3. The highest BCUT2D eigenvalue weighted by Crippen LogP contribution is 2.38. The molecule has 0 saturated carbocycles. The number of aliphatic hydroxyl groups is 1. The quantitative estimate of drug-likeness (QED) is 0.281. The van der Waals surface area contributed by atoms with Crippen LogP contribution in [0.2, 0.25) is 15.1 Å². The molecule has 4 rings (SSSR count). The van der Waals surface area contributed by atoms with Crippen LogP contribution in [-0.2, 0) is 14.2 Å². The monoisotopic (exact) mass is 580 g/mol. The van der Waals surface area contributed by atoms with Crippen LogP contribution in [0.4, 0.5) is 0 Å². The van der Waals surface area contributed by atoms with Crippen LogP contribution in [0.25, 0.3) is 0 Å². The van der Waals surface area contributed by atoms with Crippen LogP contribution in [0.1, 0.15) is 31.1 Å². The summed E-state index contributed by atoms with van der Waals surface area (Å²) >= 11 is 18.6. The molecule has 0 spiro atoms. The molecular formula is C26H19Cl3O7S. The van der Waals surface area contributed by atoms with E-state index in [0.717, 1.165) is 11.8 Å². The average molecular weight is 582 g/mol. The largest absolute Gasteiger partial charge is 0.461 e. The Bertz CT molecular complexity index is 1270. The molecule has 3 aromatic carbocycles. The zero-order chi connectivity index (χ0) is 26.5. The van der Waals surface area contributed by atoms with Crippen molar-refractivity contribution in [3.63, 3.8) is 0 Å². The Morgan fingerprint density at radius 2 is 1.03 bits per heavy atom. The molecule has 11 heteroatoms. The Morgan fingerprint density at radius 3 is 1.46 bits per heavy atom. The van der Waals surface area contributed by atoms with E-state index in [-0.39, 0.29) is 23.3 Å². The summed E-state index contributed by atoms with van der Waals surface area (Å²) < 4.78 is 16.6. The van der Waals surface area contributed by atoms with Gasteiger partial charge in [0.05, 0.1) is 21.9 Å². The van der Waals surface area contributed by atoms with Crippen LogP contribution < -0.4 is 0 Å². The van der Waals surface area contributed by atoms with Crippen molar-refractivity contribution in [3.8, 4) is 0 Å². The van der Waals surface area contributed by atoms with Crippen molar-refractivity contribution in [2.45, 2.75) is 22.9 Å². The van der Waals surface area contributed by atoms with Gasteiger partial charge in [0.15, 0.2) is 12.2 Å². The molecule has 0 radical (unpaired) electrons. The fraction of sp³-hybridized carbons (Fsp3) is 0.192. The van der Waals surface area contributed by atoms with Crippen molar-refractivity contribution in [2.24, 2.45) is 0 Å². The molecule has 1 unspecified atom stereocenters. The zero-order valence-electron chi connectivity index (χ0n) is 18.9. The number of aliphatic hydroxyl groups excluding tert-OH is 1. The van der Waals surface area contributed by atoms with E-state index < -0.39 is 40.8 Å². The highest BCUT2D eigenvalue weighted by molar-refractivity contribution is 8.00. The number of rotatable bonds is 7. The highest BCUT2D eigenvalue weighted by Gasteiger charge is 2.49. The Kier molecular flexibility index (Phi) is 9.00. The van der Waals surface area contributed by atoms with Crippen LogP contribution in [0.3, 0.4) is 0 Å². The third-order valence-corrected chi connectivity index (χ3v) is 7.45. The van der Waals surface area contributed by atoms with E-state index in [2.05, 4.69) is 0 Å². The molecule has 1 heterocycles. The SMILES string of the molecule is O=C(OC[C@H]1SC(O)[C@@H](OC(=O)c2ccc(Cl)cc2)[C@H]1OC(=O)c1ccc(Cl)cc1)c1ccc(Cl)cc1. The first-order valence-electron chi connectivity index (χ1n) is 10.9. The maximum atomic E-state index is 12.9. The Labute approximate surface area is 231 Å². The minimum atomic E-state index is -1.25. The van der Waals surface area contributed by atoms with Gasteiger partial charge >= 0.3 is 17.9 Å². The van der Waals surface area contributed by atoms with E-state index in [4.69, 9.17) is 49.0 Å². The normalized spacial score (nSPS) is 20.8. The van der Waals surface area contributed by atoms with Gasteiger partial charge < -0.3 is 19.3 Å². The number of halogens is 3. The van der Waals surface area contributed by atoms with Gasteiger partial charge in [-0.3, -0.25) is 0 Å². The number of esters is 3. The van der Waals surface area contributed by atoms with Gasteiger partial charge in [-0.15, -0.1) is 11.8 Å². The van der Waals surface area contributed by atoms with Gasteiger partial charge in [-0.25, -0.2) is 14.4 Å². The van der Waals surface area contributed by atoms with Crippen molar-refractivity contribution in [1.29, 1.82) is 0 Å². The maximum Gasteiger partial charge on any atom is 0.338 e. The number of hydrogen-bond donors (Lipinski definition) is 1. The molecule has 3 aromatic rings. The average Bonchev–Trinajstić information content (AvgIpc) is 3.17. The van der Waals surface area contributed by atoms with Crippen molar-refractivity contribution in [1.82, 2.24) is 0 Å². The molecule has 4 atom stereocenters. The standard InChI is InChI=1S/C26H19Cl3O7S/c27-17-7-1-14(2-8-17)23(30)34-13-20-21(35-24(31)15-3-9-18(28)10-4-15)22(26(33)37-20)36-25(32)16-5-11-19(29)12-6-16/h1-12,20-22,26,33H,13H2/t20-,21+,22+,26?/m1/s1.